The molecule has 1 atom stereocenters. The van der Waals surface area contributed by atoms with Crippen molar-refractivity contribution in [3.63, 3.8) is 0 Å². The summed E-state index contributed by atoms with van der Waals surface area (Å²) in [5.74, 6) is -1.71. The number of anilines is 1. The van der Waals surface area contributed by atoms with E-state index in [1.807, 2.05) is 37.3 Å². The molecule has 0 aliphatic carbocycles. The molecule has 1 amide bonds. The first-order chi connectivity index (χ1) is 13.4. The Kier molecular flexibility index (Phi) is 7.75. The first-order valence-electron chi connectivity index (χ1n) is 9.23. The molecule has 28 heavy (non-hydrogen) atoms. The van der Waals surface area contributed by atoms with Crippen LogP contribution in [0.15, 0.2) is 54.6 Å². The third-order valence-electron chi connectivity index (χ3n) is 3.99. The fourth-order valence-corrected chi connectivity index (χ4v) is 2.63. The van der Waals surface area contributed by atoms with Crippen molar-refractivity contribution in [3.05, 3.63) is 65.7 Å². The molecule has 0 spiro atoms. The Morgan fingerprint density at radius 2 is 1.61 bits per heavy atom. The monoisotopic (exact) mass is 383 g/mol. The molecule has 6 heteroatoms. The highest BCUT2D eigenvalue weighted by Crippen LogP contribution is 2.20. The van der Waals surface area contributed by atoms with Gasteiger partial charge in [0.2, 0.25) is 0 Å². The van der Waals surface area contributed by atoms with Crippen molar-refractivity contribution in [1.29, 1.82) is 0 Å². The topological polar surface area (TPSA) is 81.7 Å². The van der Waals surface area contributed by atoms with Gasteiger partial charge in [0.1, 0.15) is 0 Å². The maximum Gasteiger partial charge on any atom is 0.338 e. The molecule has 1 unspecified atom stereocenters. The van der Waals surface area contributed by atoms with Crippen LogP contribution in [0, 0.1) is 0 Å². The Bertz CT molecular complexity index is 799. The smallest absolute Gasteiger partial charge is 0.338 e. The minimum absolute atomic E-state index is 0.204. The average Bonchev–Trinajstić information content (AvgIpc) is 2.68. The maximum atomic E-state index is 12.3. The number of ether oxygens (including phenoxy) is 2. The van der Waals surface area contributed by atoms with Crippen LogP contribution in [0.3, 0.4) is 0 Å². The molecule has 0 aliphatic rings. The number of benzene rings is 2. The SMILES string of the molecule is CCC(C(=O)OCC(=O)Nc1ccc(C(=O)OC(C)C)cc1)c1ccccc1. The van der Waals surface area contributed by atoms with Crippen LogP contribution in [-0.2, 0) is 19.1 Å². The number of rotatable bonds is 8. The van der Waals surface area contributed by atoms with Crippen LogP contribution in [-0.4, -0.2) is 30.6 Å². The van der Waals surface area contributed by atoms with Crippen molar-refractivity contribution in [2.75, 3.05) is 11.9 Å². The van der Waals surface area contributed by atoms with E-state index in [4.69, 9.17) is 9.47 Å². The highest BCUT2D eigenvalue weighted by Gasteiger charge is 2.21. The fraction of sp³-hybridized carbons (Fsp3) is 0.318. The van der Waals surface area contributed by atoms with Gasteiger partial charge >= 0.3 is 11.9 Å². The normalized spacial score (nSPS) is 11.6. The zero-order valence-corrected chi connectivity index (χ0v) is 16.3. The molecule has 1 N–H and O–H groups in total. The second-order valence-corrected chi connectivity index (χ2v) is 6.56. The lowest BCUT2D eigenvalue weighted by atomic mass is 9.97. The van der Waals surface area contributed by atoms with Gasteiger partial charge in [-0.05, 0) is 50.1 Å². The molecular weight excluding hydrogens is 358 g/mol. The van der Waals surface area contributed by atoms with E-state index in [9.17, 15) is 14.4 Å². The van der Waals surface area contributed by atoms with Crippen LogP contribution in [0.2, 0.25) is 0 Å². The maximum absolute atomic E-state index is 12.3. The molecule has 0 saturated heterocycles. The number of carbonyl (C=O) groups is 3. The third-order valence-corrected chi connectivity index (χ3v) is 3.99. The van der Waals surface area contributed by atoms with Gasteiger partial charge in [-0.25, -0.2) is 4.79 Å². The van der Waals surface area contributed by atoms with Gasteiger partial charge in [0.15, 0.2) is 6.61 Å². The van der Waals surface area contributed by atoms with Crippen LogP contribution in [0.5, 0.6) is 0 Å². The number of nitrogens with one attached hydrogen (secondary N) is 1. The Balaban J connectivity index is 1.86. The molecule has 2 rings (SSSR count). The highest BCUT2D eigenvalue weighted by molar-refractivity contribution is 5.94. The molecule has 0 aromatic heterocycles. The second-order valence-electron chi connectivity index (χ2n) is 6.56. The van der Waals surface area contributed by atoms with Crippen molar-refractivity contribution in [1.82, 2.24) is 0 Å². The lowest BCUT2D eigenvalue weighted by Crippen LogP contribution is -2.24. The van der Waals surface area contributed by atoms with Gasteiger partial charge in [-0.3, -0.25) is 9.59 Å². The van der Waals surface area contributed by atoms with Crippen LogP contribution in [0.1, 0.15) is 49.0 Å². The molecule has 0 radical (unpaired) electrons. The molecule has 0 bridgehead atoms. The van der Waals surface area contributed by atoms with E-state index in [-0.39, 0.29) is 12.7 Å². The average molecular weight is 383 g/mol. The van der Waals surface area contributed by atoms with E-state index in [2.05, 4.69) is 5.32 Å². The number of hydrogen-bond donors (Lipinski definition) is 1. The Labute approximate surface area is 164 Å². The van der Waals surface area contributed by atoms with E-state index >= 15 is 0 Å². The van der Waals surface area contributed by atoms with E-state index in [0.717, 1.165) is 5.56 Å². The lowest BCUT2D eigenvalue weighted by Gasteiger charge is -2.14. The van der Waals surface area contributed by atoms with Gasteiger partial charge in [-0.2, -0.15) is 0 Å². The van der Waals surface area contributed by atoms with Crippen LogP contribution in [0.25, 0.3) is 0 Å². The van der Waals surface area contributed by atoms with Crippen molar-refractivity contribution >= 4 is 23.5 Å². The summed E-state index contributed by atoms with van der Waals surface area (Å²) < 4.78 is 10.3. The Hall–Kier alpha value is -3.15. The first-order valence-corrected chi connectivity index (χ1v) is 9.23. The van der Waals surface area contributed by atoms with E-state index in [0.29, 0.717) is 17.7 Å². The van der Waals surface area contributed by atoms with Crippen molar-refractivity contribution in [2.24, 2.45) is 0 Å². The van der Waals surface area contributed by atoms with E-state index < -0.39 is 23.8 Å². The number of carbonyl (C=O) groups excluding carboxylic acids is 3. The molecule has 0 fully saturated rings. The quantitative estimate of drug-likeness (QED) is 0.699. The van der Waals surface area contributed by atoms with Gasteiger partial charge in [-0.15, -0.1) is 0 Å². The molecule has 148 valence electrons. The second kappa shape index (κ2) is 10.3. The van der Waals surface area contributed by atoms with Gasteiger partial charge in [0, 0.05) is 5.69 Å². The Morgan fingerprint density at radius 3 is 2.18 bits per heavy atom. The summed E-state index contributed by atoms with van der Waals surface area (Å²) >= 11 is 0. The molecule has 0 aliphatic heterocycles. The third kappa shape index (κ3) is 6.23. The summed E-state index contributed by atoms with van der Waals surface area (Å²) in [4.78, 5) is 36.1. The van der Waals surface area contributed by atoms with Gasteiger partial charge in [-0.1, -0.05) is 37.3 Å². The zero-order chi connectivity index (χ0) is 20.5. The van der Waals surface area contributed by atoms with Crippen molar-refractivity contribution in [3.8, 4) is 0 Å². The summed E-state index contributed by atoms with van der Waals surface area (Å²) in [5.41, 5.74) is 1.75. The summed E-state index contributed by atoms with van der Waals surface area (Å²) in [6, 6.07) is 15.6. The lowest BCUT2D eigenvalue weighted by molar-refractivity contribution is -0.149. The highest BCUT2D eigenvalue weighted by atomic mass is 16.5. The van der Waals surface area contributed by atoms with Crippen molar-refractivity contribution < 1.29 is 23.9 Å². The fourth-order valence-electron chi connectivity index (χ4n) is 2.63. The van der Waals surface area contributed by atoms with Gasteiger partial charge in [0.05, 0.1) is 17.6 Å². The largest absolute Gasteiger partial charge is 0.459 e. The molecule has 6 nitrogen and oxygen atoms in total. The van der Waals surface area contributed by atoms with Crippen LogP contribution in [0.4, 0.5) is 5.69 Å². The number of amides is 1. The van der Waals surface area contributed by atoms with E-state index in [1.54, 1.807) is 38.1 Å². The molecule has 0 saturated carbocycles. The summed E-state index contributed by atoms with van der Waals surface area (Å²) in [7, 11) is 0. The summed E-state index contributed by atoms with van der Waals surface area (Å²) in [5, 5.41) is 2.63. The summed E-state index contributed by atoms with van der Waals surface area (Å²) in [6.07, 6.45) is 0.377. The minimum Gasteiger partial charge on any atom is -0.459 e. The minimum atomic E-state index is -0.450. The first kappa shape index (κ1) is 21.2. The molecule has 2 aromatic carbocycles. The Morgan fingerprint density at radius 1 is 0.964 bits per heavy atom. The molecular formula is C22H25NO5. The molecule has 2 aromatic rings. The van der Waals surface area contributed by atoms with Crippen LogP contribution < -0.4 is 5.32 Å². The molecule has 0 heterocycles. The number of hydrogen-bond acceptors (Lipinski definition) is 5. The van der Waals surface area contributed by atoms with Crippen molar-refractivity contribution in [2.45, 2.75) is 39.2 Å². The standard InChI is InChI=1S/C22H25NO5/c1-4-19(16-8-6-5-7-9-16)22(26)27-14-20(24)23-18-12-10-17(11-13-18)21(25)28-15(2)3/h5-13,15,19H,4,14H2,1-3H3,(H,23,24). The summed E-state index contributed by atoms with van der Waals surface area (Å²) in [6.45, 7) is 5.06. The zero-order valence-electron chi connectivity index (χ0n) is 16.3. The number of esters is 2. The predicted molar refractivity (Wildman–Crippen MR) is 106 cm³/mol. The van der Waals surface area contributed by atoms with Gasteiger partial charge in [0.25, 0.3) is 5.91 Å². The van der Waals surface area contributed by atoms with Gasteiger partial charge < -0.3 is 14.8 Å². The van der Waals surface area contributed by atoms with E-state index in [1.165, 1.54) is 0 Å². The van der Waals surface area contributed by atoms with Crippen LogP contribution >= 0.6 is 0 Å². The predicted octanol–water partition coefficient (Wildman–Crippen LogP) is 3.93.